The summed E-state index contributed by atoms with van der Waals surface area (Å²) in [6.07, 6.45) is 1.98. The zero-order valence-electron chi connectivity index (χ0n) is 9.03. The van der Waals surface area contributed by atoms with Crippen molar-refractivity contribution < 1.29 is 9.26 Å². The molecule has 0 unspecified atom stereocenters. The van der Waals surface area contributed by atoms with Gasteiger partial charge in [0.25, 0.3) is 0 Å². The lowest BCUT2D eigenvalue weighted by Gasteiger charge is -2.17. The number of nitrogens with zero attached hydrogens (tertiary/aromatic N) is 2. The van der Waals surface area contributed by atoms with Crippen molar-refractivity contribution in [3.05, 3.63) is 11.7 Å². The monoisotopic (exact) mass is 211 g/mol. The summed E-state index contributed by atoms with van der Waals surface area (Å²) in [6.45, 7) is 5.26. The smallest absolute Gasteiger partial charge is 0.229 e. The third-order valence-electron chi connectivity index (χ3n) is 2.59. The highest BCUT2D eigenvalue weighted by molar-refractivity contribution is 4.94. The van der Waals surface area contributed by atoms with Gasteiger partial charge in [-0.25, -0.2) is 0 Å². The first-order valence-electron chi connectivity index (χ1n) is 5.51. The average Bonchev–Trinajstić information content (AvgIpc) is 2.76. The number of hydrogen-bond acceptors (Lipinski definition) is 5. The first-order valence-corrected chi connectivity index (χ1v) is 5.51. The molecule has 0 atom stereocenters. The van der Waals surface area contributed by atoms with Gasteiger partial charge in [-0.05, 0) is 19.4 Å². The highest BCUT2D eigenvalue weighted by Crippen LogP contribution is 2.24. The summed E-state index contributed by atoms with van der Waals surface area (Å²) < 4.78 is 10.5. The molecule has 0 spiro atoms. The largest absolute Gasteiger partial charge is 0.381 e. The molecule has 2 rings (SSSR count). The molecule has 5 nitrogen and oxygen atoms in total. The van der Waals surface area contributed by atoms with Crippen LogP contribution in [-0.4, -0.2) is 29.9 Å². The molecular formula is C10H17N3O2. The third kappa shape index (κ3) is 2.76. The van der Waals surface area contributed by atoms with Crippen molar-refractivity contribution in [2.75, 3.05) is 19.8 Å². The first-order chi connectivity index (χ1) is 7.40. The van der Waals surface area contributed by atoms with Gasteiger partial charge in [0.1, 0.15) is 0 Å². The second-order valence-corrected chi connectivity index (χ2v) is 3.72. The topological polar surface area (TPSA) is 60.2 Å². The summed E-state index contributed by atoms with van der Waals surface area (Å²) in [5.41, 5.74) is 0. The van der Waals surface area contributed by atoms with Crippen LogP contribution in [-0.2, 0) is 11.3 Å². The predicted octanol–water partition coefficient (Wildman–Crippen LogP) is 1.07. The summed E-state index contributed by atoms with van der Waals surface area (Å²) in [5.74, 6) is 1.91. The summed E-state index contributed by atoms with van der Waals surface area (Å²) in [7, 11) is 0. The maximum atomic E-state index is 5.29. The Morgan fingerprint density at radius 3 is 2.93 bits per heavy atom. The minimum atomic E-state index is 0.390. The van der Waals surface area contributed by atoms with Crippen LogP contribution in [0.3, 0.4) is 0 Å². The van der Waals surface area contributed by atoms with Crippen molar-refractivity contribution >= 4 is 0 Å². The van der Waals surface area contributed by atoms with E-state index in [-0.39, 0.29) is 0 Å². The molecule has 2 heterocycles. The zero-order chi connectivity index (χ0) is 10.5. The molecule has 0 aromatic carbocycles. The average molecular weight is 211 g/mol. The van der Waals surface area contributed by atoms with Crippen molar-refractivity contribution in [3.8, 4) is 0 Å². The van der Waals surface area contributed by atoms with Gasteiger partial charge in [-0.1, -0.05) is 12.1 Å². The molecule has 1 aliphatic heterocycles. The van der Waals surface area contributed by atoms with Crippen LogP contribution in [0, 0.1) is 0 Å². The molecule has 0 aliphatic carbocycles. The lowest BCUT2D eigenvalue weighted by atomic mass is 10.0. The highest BCUT2D eigenvalue weighted by Gasteiger charge is 2.21. The fraction of sp³-hybridized carbons (Fsp3) is 0.800. The van der Waals surface area contributed by atoms with Gasteiger partial charge in [0.2, 0.25) is 5.89 Å². The van der Waals surface area contributed by atoms with Crippen LogP contribution in [0.2, 0.25) is 0 Å². The predicted molar refractivity (Wildman–Crippen MR) is 54.5 cm³/mol. The number of ether oxygens (including phenoxy) is 1. The lowest BCUT2D eigenvalue weighted by Crippen LogP contribution is -2.15. The second-order valence-electron chi connectivity index (χ2n) is 3.72. The Labute approximate surface area is 89.2 Å². The molecule has 1 fully saturated rings. The van der Waals surface area contributed by atoms with E-state index in [4.69, 9.17) is 9.26 Å². The Bertz CT molecular complexity index is 295. The van der Waals surface area contributed by atoms with Gasteiger partial charge in [-0.15, -0.1) is 0 Å². The van der Waals surface area contributed by atoms with Gasteiger partial charge in [0, 0.05) is 19.1 Å². The lowest BCUT2D eigenvalue weighted by molar-refractivity contribution is 0.0778. The van der Waals surface area contributed by atoms with E-state index in [0.29, 0.717) is 12.5 Å². The molecule has 1 aromatic heterocycles. The molecule has 1 N–H and O–H groups in total. The Kier molecular flexibility index (Phi) is 3.69. The van der Waals surface area contributed by atoms with E-state index in [0.717, 1.165) is 44.3 Å². The van der Waals surface area contributed by atoms with Crippen LogP contribution in [0.15, 0.2) is 4.52 Å². The van der Waals surface area contributed by atoms with Gasteiger partial charge in [0.05, 0.1) is 6.54 Å². The first kappa shape index (κ1) is 10.6. The van der Waals surface area contributed by atoms with Crippen LogP contribution in [0.25, 0.3) is 0 Å². The summed E-state index contributed by atoms with van der Waals surface area (Å²) >= 11 is 0. The fourth-order valence-corrected chi connectivity index (χ4v) is 1.69. The maximum absolute atomic E-state index is 5.29. The Morgan fingerprint density at radius 1 is 1.40 bits per heavy atom. The number of nitrogens with one attached hydrogen (secondary N) is 1. The van der Waals surface area contributed by atoms with Gasteiger partial charge < -0.3 is 14.6 Å². The van der Waals surface area contributed by atoms with Crippen molar-refractivity contribution in [2.45, 2.75) is 32.2 Å². The van der Waals surface area contributed by atoms with Gasteiger partial charge in [-0.2, -0.15) is 4.98 Å². The molecule has 0 bridgehead atoms. The van der Waals surface area contributed by atoms with E-state index in [2.05, 4.69) is 22.4 Å². The van der Waals surface area contributed by atoms with Crippen molar-refractivity contribution in [1.29, 1.82) is 0 Å². The van der Waals surface area contributed by atoms with E-state index < -0.39 is 0 Å². The minimum absolute atomic E-state index is 0.390. The molecule has 15 heavy (non-hydrogen) atoms. The van der Waals surface area contributed by atoms with Crippen LogP contribution in [0.1, 0.15) is 37.4 Å². The molecule has 1 saturated heterocycles. The molecule has 0 amide bonds. The molecule has 0 saturated carbocycles. The normalized spacial score (nSPS) is 18.2. The summed E-state index contributed by atoms with van der Waals surface area (Å²) in [4.78, 5) is 4.38. The van der Waals surface area contributed by atoms with Crippen LogP contribution in [0.5, 0.6) is 0 Å². The van der Waals surface area contributed by atoms with Crippen molar-refractivity contribution in [1.82, 2.24) is 15.5 Å². The van der Waals surface area contributed by atoms with E-state index in [1.54, 1.807) is 0 Å². The number of rotatable bonds is 4. The Hall–Kier alpha value is -0.940. The molecule has 1 aliphatic rings. The van der Waals surface area contributed by atoms with E-state index in [1.165, 1.54) is 0 Å². The van der Waals surface area contributed by atoms with Crippen molar-refractivity contribution in [2.24, 2.45) is 0 Å². The quantitative estimate of drug-likeness (QED) is 0.807. The van der Waals surface area contributed by atoms with E-state index in [9.17, 15) is 0 Å². The zero-order valence-corrected chi connectivity index (χ0v) is 9.03. The van der Waals surface area contributed by atoms with Crippen LogP contribution in [0.4, 0.5) is 0 Å². The van der Waals surface area contributed by atoms with Crippen LogP contribution < -0.4 is 5.32 Å². The van der Waals surface area contributed by atoms with E-state index >= 15 is 0 Å². The minimum Gasteiger partial charge on any atom is -0.381 e. The molecular weight excluding hydrogens is 194 g/mol. The Balaban J connectivity index is 1.93. The summed E-state index contributed by atoms with van der Waals surface area (Å²) in [6, 6.07) is 0. The molecule has 5 heteroatoms. The number of aromatic nitrogens is 2. The number of hydrogen-bond donors (Lipinski definition) is 1. The van der Waals surface area contributed by atoms with Gasteiger partial charge >= 0.3 is 0 Å². The van der Waals surface area contributed by atoms with Gasteiger partial charge in [-0.3, -0.25) is 0 Å². The van der Waals surface area contributed by atoms with Crippen LogP contribution >= 0.6 is 0 Å². The summed E-state index contributed by atoms with van der Waals surface area (Å²) in [5, 5.41) is 7.11. The standard InChI is InChI=1S/C10H17N3O2/c1-2-11-7-9-12-10(15-13-9)8-3-5-14-6-4-8/h8,11H,2-7H2,1H3. The maximum Gasteiger partial charge on any atom is 0.229 e. The molecule has 84 valence electrons. The van der Waals surface area contributed by atoms with Crippen molar-refractivity contribution in [3.63, 3.8) is 0 Å². The van der Waals surface area contributed by atoms with Gasteiger partial charge in [0.15, 0.2) is 5.82 Å². The fourth-order valence-electron chi connectivity index (χ4n) is 1.69. The second kappa shape index (κ2) is 5.23. The molecule has 0 radical (unpaired) electrons. The van der Waals surface area contributed by atoms with E-state index in [1.807, 2.05) is 0 Å². The highest BCUT2D eigenvalue weighted by atomic mass is 16.5. The Morgan fingerprint density at radius 2 is 2.20 bits per heavy atom. The SMILES string of the molecule is CCNCc1noc(C2CCOCC2)n1. The third-order valence-corrected chi connectivity index (χ3v) is 2.59. The molecule has 1 aromatic rings.